The van der Waals surface area contributed by atoms with Gasteiger partial charge in [0.05, 0.1) is 24.3 Å². The van der Waals surface area contributed by atoms with Crippen LogP contribution >= 0.6 is 0 Å². The van der Waals surface area contributed by atoms with Crippen LogP contribution in [-0.2, 0) is 6.61 Å². The molecule has 0 spiro atoms. The Morgan fingerprint density at radius 3 is 2.65 bits per heavy atom. The zero-order chi connectivity index (χ0) is 13.8. The van der Waals surface area contributed by atoms with Gasteiger partial charge in [0.25, 0.3) is 0 Å². The van der Waals surface area contributed by atoms with Gasteiger partial charge in [-0.15, -0.1) is 0 Å². The molecular weight excluding hydrogens is 256 g/mol. The lowest BCUT2D eigenvalue weighted by atomic mass is 10.3. The second-order valence-electron chi connectivity index (χ2n) is 3.98. The molecule has 3 aromatic rings. The van der Waals surface area contributed by atoms with Gasteiger partial charge in [-0.3, -0.25) is 5.10 Å². The standard InChI is InChI=1S/C13H10N6O/c14-7-13-10(8-15-18-13)9-20-12-3-1-11(2-4-12)19-16-5-6-17-19/h1-6,8H,9H2,(H,15,18). The van der Waals surface area contributed by atoms with Crippen molar-refractivity contribution in [2.45, 2.75) is 6.61 Å². The van der Waals surface area contributed by atoms with Crippen molar-refractivity contribution in [1.82, 2.24) is 25.2 Å². The third-order valence-electron chi connectivity index (χ3n) is 2.71. The largest absolute Gasteiger partial charge is 0.489 e. The van der Waals surface area contributed by atoms with Gasteiger partial charge in [-0.05, 0) is 24.3 Å². The van der Waals surface area contributed by atoms with E-state index < -0.39 is 0 Å². The van der Waals surface area contributed by atoms with Crippen LogP contribution < -0.4 is 4.74 Å². The van der Waals surface area contributed by atoms with Gasteiger partial charge in [0.15, 0.2) is 0 Å². The van der Waals surface area contributed by atoms with Crippen LogP contribution in [0.5, 0.6) is 5.75 Å². The molecule has 7 nitrogen and oxygen atoms in total. The summed E-state index contributed by atoms with van der Waals surface area (Å²) in [7, 11) is 0. The predicted molar refractivity (Wildman–Crippen MR) is 69.0 cm³/mol. The number of aromatic nitrogens is 5. The molecule has 1 N–H and O–H groups in total. The van der Waals surface area contributed by atoms with E-state index in [0.29, 0.717) is 18.1 Å². The summed E-state index contributed by atoms with van der Waals surface area (Å²) in [4.78, 5) is 1.52. The summed E-state index contributed by atoms with van der Waals surface area (Å²) in [5.41, 5.74) is 2.00. The van der Waals surface area contributed by atoms with E-state index in [0.717, 1.165) is 11.3 Å². The van der Waals surface area contributed by atoms with E-state index >= 15 is 0 Å². The van der Waals surface area contributed by atoms with Gasteiger partial charge < -0.3 is 4.74 Å². The Morgan fingerprint density at radius 2 is 1.95 bits per heavy atom. The van der Waals surface area contributed by atoms with Gasteiger partial charge >= 0.3 is 0 Å². The second kappa shape index (κ2) is 5.24. The number of nitrogens with zero attached hydrogens (tertiary/aromatic N) is 5. The number of benzene rings is 1. The number of nitrogens with one attached hydrogen (secondary N) is 1. The fourth-order valence-corrected chi connectivity index (χ4v) is 1.70. The number of ether oxygens (including phenoxy) is 1. The van der Waals surface area contributed by atoms with Crippen molar-refractivity contribution in [1.29, 1.82) is 5.26 Å². The lowest BCUT2D eigenvalue weighted by molar-refractivity contribution is 0.306. The topological polar surface area (TPSA) is 92.4 Å². The molecule has 0 saturated heterocycles. The molecule has 2 aromatic heterocycles. The van der Waals surface area contributed by atoms with Crippen LogP contribution in [0.2, 0.25) is 0 Å². The molecule has 0 radical (unpaired) electrons. The zero-order valence-corrected chi connectivity index (χ0v) is 10.4. The molecule has 0 bridgehead atoms. The highest BCUT2D eigenvalue weighted by atomic mass is 16.5. The van der Waals surface area contributed by atoms with Crippen LogP contribution in [0, 0.1) is 11.3 Å². The Bertz CT molecular complexity index is 723. The molecule has 0 aliphatic heterocycles. The summed E-state index contributed by atoms with van der Waals surface area (Å²) in [6.45, 7) is 0.290. The Hall–Kier alpha value is -3.14. The fraction of sp³-hybridized carbons (Fsp3) is 0.0769. The van der Waals surface area contributed by atoms with Crippen LogP contribution in [0.25, 0.3) is 5.69 Å². The first kappa shape index (κ1) is 11.9. The van der Waals surface area contributed by atoms with Crippen LogP contribution in [-0.4, -0.2) is 25.2 Å². The molecule has 1 aromatic carbocycles. The van der Waals surface area contributed by atoms with Gasteiger partial charge in [0.1, 0.15) is 24.1 Å². The first-order valence-corrected chi connectivity index (χ1v) is 5.89. The number of nitriles is 1. The smallest absolute Gasteiger partial charge is 0.142 e. The van der Waals surface area contributed by atoms with Crippen LogP contribution in [0.15, 0.2) is 42.9 Å². The van der Waals surface area contributed by atoms with Crippen LogP contribution in [0.3, 0.4) is 0 Å². The molecular formula is C13H10N6O. The van der Waals surface area contributed by atoms with Gasteiger partial charge in [-0.25, -0.2) is 0 Å². The average Bonchev–Trinajstić information content (AvgIpc) is 3.16. The summed E-state index contributed by atoms with van der Waals surface area (Å²) in [5.74, 6) is 0.700. The number of H-pyrrole nitrogens is 1. The molecule has 0 unspecified atom stereocenters. The van der Waals surface area contributed by atoms with E-state index in [-0.39, 0.29) is 0 Å². The Morgan fingerprint density at radius 1 is 1.20 bits per heavy atom. The predicted octanol–water partition coefficient (Wildman–Crippen LogP) is 1.44. The van der Waals surface area contributed by atoms with E-state index in [4.69, 9.17) is 10.00 Å². The molecule has 98 valence electrons. The molecule has 0 aliphatic carbocycles. The normalized spacial score (nSPS) is 10.2. The minimum atomic E-state index is 0.290. The van der Waals surface area contributed by atoms with E-state index in [1.165, 1.54) is 4.80 Å². The lowest BCUT2D eigenvalue weighted by Crippen LogP contribution is -1.99. The first-order chi connectivity index (χ1) is 9.86. The zero-order valence-electron chi connectivity index (χ0n) is 10.4. The monoisotopic (exact) mass is 266 g/mol. The SMILES string of the molecule is N#Cc1[nH]ncc1COc1ccc(-n2nccn2)cc1. The summed E-state index contributed by atoms with van der Waals surface area (Å²) in [5, 5.41) is 23.4. The van der Waals surface area contributed by atoms with Gasteiger partial charge in [-0.1, -0.05) is 0 Å². The summed E-state index contributed by atoms with van der Waals surface area (Å²) in [6, 6.07) is 9.38. The molecule has 0 atom stereocenters. The first-order valence-electron chi connectivity index (χ1n) is 5.89. The highest BCUT2D eigenvalue weighted by Gasteiger charge is 2.05. The lowest BCUT2D eigenvalue weighted by Gasteiger charge is -2.06. The number of aromatic amines is 1. The van der Waals surface area contributed by atoms with E-state index in [1.807, 2.05) is 30.3 Å². The minimum absolute atomic E-state index is 0.290. The highest BCUT2D eigenvalue weighted by molar-refractivity contribution is 5.36. The Balaban J connectivity index is 1.69. The van der Waals surface area contributed by atoms with Crippen molar-refractivity contribution in [2.75, 3.05) is 0 Å². The summed E-state index contributed by atoms with van der Waals surface area (Å²) < 4.78 is 5.60. The Labute approximate surface area is 114 Å². The van der Waals surface area contributed by atoms with Crippen LogP contribution in [0.1, 0.15) is 11.3 Å². The Kier molecular flexibility index (Phi) is 3.12. The van der Waals surface area contributed by atoms with Crippen molar-refractivity contribution in [3.8, 4) is 17.5 Å². The van der Waals surface area contributed by atoms with Gasteiger partial charge in [0, 0.05) is 5.56 Å². The summed E-state index contributed by atoms with van der Waals surface area (Å²) in [6.07, 6.45) is 4.82. The molecule has 3 rings (SSSR count). The number of hydrogen-bond acceptors (Lipinski definition) is 5. The maximum atomic E-state index is 8.85. The highest BCUT2D eigenvalue weighted by Crippen LogP contribution is 2.16. The number of rotatable bonds is 4. The van der Waals surface area contributed by atoms with Crippen molar-refractivity contribution < 1.29 is 4.74 Å². The van der Waals surface area contributed by atoms with E-state index in [9.17, 15) is 0 Å². The summed E-state index contributed by atoms with van der Waals surface area (Å²) >= 11 is 0. The van der Waals surface area contributed by atoms with E-state index in [2.05, 4.69) is 20.4 Å². The van der Waals surface area contributed by atoms with Crippen molar-refractivity contribution >= 4 is 0 Å². The van der Waals surface area contributed by atoms with Crippen molar-refractivity contribution in [2.24, 2.45) is 0 Å². The molecule has 0 saturated carbocycles. The molecule has 0 aliphatic rings. The molecule has 2 heterocycles. The van der Waals surface area contributed by atoms with E-state index in [1.54, 1.807) is 18.6 Å². The fourth-order valence-electron chi connectivity index (χ4n) is 1.70. The van der Waals surface area contributed by atoms with Crippen molar-refractivity contribution in [3.05, 3.63) is 54.1 Å². The minimum Gasteiger partial charge on any atom is -0.489 e. The molecule has 0 fully saturated rings. The quantitative estimate of drug-likeness (QED) is 0.771. The van der Waals surface area contributed by atoms with Gasteiger partial charge in [0.2, 0.25) is 0 Å². The maximum absolute atomic E-state index is 8.85. The molecule has 20 heavy (non-hydrogen) atoms. The molecule has 0 amide bonds. The third kappa shape index (κ3) is 2.35. The van der Waals surface area contributed by atoms with Crippen molar-refractivity contribution in [3.63, 3.8) is 0 Å². The molecule has 7 heteroatoms. The second-order valence-corrected chi connectivity index (χ2v) is 3.98. The number of hydrogen-bond donors (Lipinski definition) is 1. The van der Waals surface area contributed by atoms with Gasteiger partial charge in [-0.2, -0.15) is 25.4 Å². The van der Waals surface area contributed by atoms with Crippen LogP contribution in [0.4, 0.5) is 0 Å². The maximum Gasteiger partial charge on any atom is 0.142 e. The average molecular weight is 266 g/mol. The third-order valence-corrected chi connectivity index (χ3v) is 2.71.